The lowest BCUT2D eigenvalue weighted by Gasteiger charge is -2.37. The quantitative estimate of drug-likeness (QED) is 0.881. The first kappa shape index (κ1) is 14.4. The molecule has 0 aromatic carbocycles. The number of nitrogens with zero attached hydrogens (tertiary/aromatic N) is 2. The maximum absolute atomic E-state index is 5.97. The Morgan fingerprint density at radius 1 is 1.42 bits per heavy atom. The molecule has 19 heavy (non-hydrogen) atoms. The second-order valence-electron chi connectivity index (χ2n) is 5.18. The van der Waals surface area contributed by atoms with Crippen molar-refractivity contribution in [2.24, 2.45) is 5.73 Å². The maximum Gasteiger partial charge on any atom is 0.0599 e. The molecule has 1 aliphatic heterocycles. The van der Waals surface area contributed by atoms with E-state index >= 15 is 0 Å². The first-order chi connectivity index (χ1) is 9.24. The molecule has 0 saturated carbocycles. The number of aromatic nitrogens is 1. The van der Waals surface area contributed by atoms with Gasteiger partial charge in [-0.25, -0.2) is 0 Å². The van der Waals surface area contributed by atoms with Gasteiger partial charge in [-0.15, -0.1) is 0 Å². The summed E-state index contributed by atoms with van der Waals surface area (Å²) in [6.45, 7) is 7.64. The Hall–Kier alpha value is -0.970. The van der Waals surface area contributed by atoms with Gasteiger partial charge >= 0.3 is 0 Å². The highest BCUT2D eigenvalue weighted by molar-refractivity contribution is 5.18. The molecule has 0 spiro atoms. The summed E-state index contributed by atoms with van der Waals surface area (Å²) in [7, 11) is 0. The van der Waals surface area contributed by atoms with Gasteiger partial charge in [0.15, 0.2) is 0 Å². The predicted octanol–water partition coefficient (Wildman–Crippen LogP) is 1.89. The third-order valence-corrected chi connectivity index (χ3v) is 3.86. The van der Waals surface area contributed by atoms with Gasteiger partial charge in [0.1, 0.15) is 0 Å². The smallest absolute Gasteiger partial charge is 0.0599 e. The van der Waals surface area contributed by atoms with Gasteiger partial charge in [0.05, 0.1) is 6.10 Å². The molecule has 0 radical (unpaired) electrons. The number of ether oxygens (including phenoxy) is 1. The van der Waals surface area contributed by atoms with Crippen LogP contribution in [0.5, 0.6) is 0 Å². The Labute approximate surface area is 116 Å². The van der Waals surface area contributed by atoms with Crippen LogP contribution in [0.3, 0.4) is 0 Å². The summed E-state index contributed by atoms with van der Waals surface area (Å²) in [6, 6.07) is 4.50. The molecule has 1 aromatic rings. The topological polar surface area (TPSA) is 51.4 Å². The van der Waals surface area contributed by atoms with E-state index in [2.05, 4.69) is 28.9 Å². The highest BCUT2D eigenvalue weighted by atomic mass is 16.5. The second kappa shape index (κ2) is 6.98. The number of hydrogen-bond acceptors (Lipinski definition) is 4. The fourth-order valence-electron chi connectivity index (χ4n) is 2.76. The number of aryl methyl sites for hydroxylation is 1. The van der Waals surface area contributed by atoms with Crippen LogP contribution < -0.4 is 5.73 Å². The second-order valence-corrected chi connectivity index (χ2v) is 5.18. The van der Waals surface area contributed by atoms with Crippen LogP contribution in [0.15, 0.2) is 18.3 Å². The van der Waals surface area contributed by atoms with Gasteiger partial charge in [-0.3, -0.25) is 9.88 Å². The fourth-order valence-corrected chi connectivity index (χ4v) is 2.76. The molecule has 1 aliphatic rings. The minimum atomic E-state index is 0.288. The van der Waals surface area contributed by atoms with Crippen molar-refractivity contribution in [2.75, 3.05) is 26.2 Å². The maximum atomic E-state index is 5.97. The van der Waals surface area contributed by atoms with Crippen molar-refractivity contribution in [3.8, 4) is 0 Å². The molecule has 4 heteroatoms. The van der Waals surface area contributed by atoms with E-state index in [1.807, 2.05) is 13.1 Å². The van der Waals surface area contributed by atoms with Crippen molar-refractivity contribution in [2.45, 2.75) is 38.8 Å². The molecule has 1 saturated heterocycles. The van der Waals surface area contributed by atoms with Crippen LogP contribution in [0, 0.1) is 6.92 Å². The average Bonchev–Trinajstić information content (AvgIpc) is 2.44. The van der Waals surface area contributed by atoms with Gasteiger partial charge < -0.3 is 10.5 Å². The summed E-state index contributed by atoms with van der Waals surface area (Å²) in [4.78, 5) is 6.84. The third-order valence-electron chi connectivity index (χ3n) is 3.86. The van der Waals surface area contributed by atoms with E-state index in [9.17, 15) is 0 Å². The molecule has 1 unspecified atom stereocenters. The molecule has 0 amide bonds. The molecule has 1 aromatic heterocycles. The summed E-state index contributed by atoms with van der Waals surface area (Å²) in [5.41, 5.74) is 8.24. The van der Waals surface area contributed by atoms with Gasteiger partial charge in [-0.05, 0) is 38.3 Å². The number of pyridine rings is 1. The van der Waals surface area contributed by atoms with Gasteiger partial charge in [-0.2, -0.15) is 0 Å². The van der Waals surface area contributed by atoms with E-state index in [1.54, 1.807) is 0 Å². The van der Waals surface area contributed by atoms with Gasteiger partial charge in [0.25, 0.3) is 0 Å². The van der Waals surface area contributed by atoms with Crippen molar-refractivity contribution in [1.29, 1.82) is 0 Å². The number of rotatable bonds is 5. The lowest BCUT2D eigenvalue weighted by molar-refractivity contribution is 0.00449. The lowest BCUT2D eigenvalue weighted by Crippen LogP contribution is -2.41. The molecule has 2 rings (SSSR count). The van der Waals surface area contributed by atoms with E-state index in [1.165, 1.54) is 5.56 Å². The van der Waals surface area contributed by atoms with Crippen molar-refractivity contribution >= 4 is 0 Å². The molecular weight excluding hydrogens is 238 g/mol. The monoisotopic (exact) mass is 263 g/mol. The first-order valence-electron chi connectivity index (χ1n) is 7.22. The molecule has 1 fully saturated rings. The molecular formula is C15H25N3O. The molecule has 4 nitrogen and oxygen atoms in total. The zero-order valence-electron chi connectivity index (χ0n) is 12.0. The summed E-state index contributed by atoms with van der Waals surface area (Å²) in [5, 5.41) is 0. The predicted molar refractivity (Wildman–Crippen MR) is 77.0 cm³/mol. The Morgan fingerprint density at radius 2 is 2.16 bits per heavy atom. The van der Waals surface area contributed by atoms with Crippen molar-refractivity contribution < 1.29 is 4.74 Å². The fraction of sp³-hybridized carbons (Fsp3) is 0.667. The summed E-state index contributed by atoms with van der Waals surface area (Å²) < 4.78 is 5.70. The third kappa shape index (κ3) is 3.75. The summed E-state index contributed by atoms with van der Waals surface area (Å²) in [6.07, 6.45) is 4.59. The van der Waals surface area contributed by atoms with Gasteiger partial charge in [0, 0.05) is 44.2 Å². The van der Waals surface area contributed by atoms with Crippen molar-refractivity contribution in [3.05, 3.63) is 29.6 Å². The SMILES string of the molecule is CCOC1CCN(C(CN)c2ccc(C)nc2)CC1. The molecule has 0 bridgehead atoms. The Bertz CT molecular complexity index is 371. The zero-order chi connectivity index (χ0) is 13.7. The van der Waals surface area contributed by atoms with E-state index in [0.29, 0.717) is 12.6 Å². The Balaban J connectivity index is 1.97. The highest BCUT2D eigenvalue weighted by Crippen LogP contribution is 2.24. The van der Waals surface area contributed by atoms with Crippen LogP contribution in [0.25, 0.3) is 0 Å². The van der Waals surface area contributed by atoms with Gasteiger partial charge in [-0.1, -0.05) is 6.07 Å². The van der Waals surface area contributed by atoms with Crippen molar-refractivity contribution in [1.82, 2.24) is 9.88 Å². The normalized spacial score (nSPS) is 19.5. The number of piperidine rings is 1. The van der Waals surface area contributed by atoms with E-state index < -0.39 is 0 Å². The minimum Gasteiger partial charge on any atom is -0.378 e. The average molecular weight is 263 g/mol. The number of likely N-dealkylation sites (tertiary alicyclic amines) is 1. The number of hydrogen-bond donors (Lipinski definition) is 1. The van der Waals surface area contributed by atoms with Crippen LogP contribution in [0.4, 0.5) is 0 Å². The molecule has 1 atom stereocenters. The van der Waals surface area contributed by atoms with Crippen LogP contribution in [-0.2, 0) is 4.74 Å². The minimum absolute atomic E-state index is 0.288. The number of nitrogens with two attached hydrogens (primary N) is 1. The lowest BCUT2D eigenvalue weighted by atomic mass is 10.0. The van der Waals surface area contributed by atoms with Crippen molar-refractivity contribution in [3.63, 3.8) is 0 Å². The highest BCUT2D eigenvalue weighted by Gasteiger charge is 2.25. The van der Waals surface area contributed by atoms with E-state index in [0.717, 1.165) is 38.2 Å². The van der Waals surface area contributed by atoms with Crippen LogP contribution >= 0.6 is 0 Å². The Morgan fingerprint density at radius 3 is 2.68 bits per heavy atom. The molecule has 0 aliphatic carbocycles. The molecule has 2 N–H and O–H groups in total. The molecule has 106 valence electrons. The largest absolute Gasteiger partial charge is 0.378 e. The van der Waals surface area contributed by atoms with Crippen LogP contribution in [0.1, 0.15) is 37.1 Å². The summed E-state index contributed by atoms with van der Waals surface area (Å²) >= 11 is 0. The van der Waals surface area contributed by atoms with Gasteiger partial charge in [0.2, 0.25) is 0 Å². The summed E-state index contributed by atoms with van der Waals surface area (Å²) in [5.74, 6) is 0. The van der Waals surface area contributed by atoms with E-state index in [4.69, 9.17) is 10.5 Å². The van der Waals surface area contributed by atoms with Crippen LogP contribution in [0.2, 0.25) is 0 Å². The molecule has 2 heterocycles. The van der Waals surface area contributed by atoms with Crippen LogP contribution in [-0.4, -0.2) is 42.2 Å². The van der Waals surface area contributed by atoms with E-state index in [-0.39, 0.29) is 6.04 Å². The first-order valence-corrected chi connectivity index (χ1v) is 7.22. The standard InChI is InChI=1S/C15H25N3O/c1-3-19-14-6-8-18(9-7-14)15(10-16)13-5-4-12(2)17-11-13/h4-5,11,14-15H,3,6-10,16H2,1-2H3. The zero-order valence-corrected chi connectivity index (χ0v) is 12.0. The Kier molecular flexibility index (Phi) is 5.31.